The number of aromatic carboxylic acids is 1. The molecule has 0 spiro atoms. The van der Waals surface area contributed by atoms with E-state index in [9.17, 15) is 4.79 Å². The largest absolute Gasteiger partial charge is 0.476 e. The molecule has 1 N–H and O–H groups in total. The average molecular weight is 233 g/mol. The first kappa shape index (κ1) is 13.7. The van der Waals surface area contributed by atoms with E-state index in [-0.39, 0.29) is 23.9 Å². The van der Waals surface area contributed by atoms with Crippen LogP contribution in [0, 0.1) is 0 Å². The quantitative estimate of drug-likeness (QED) is 0.770. The molecule has 0 aliphatic heterocycles. The number of fused-ring (bicyclic) bond motifs is 1. The minimum absolute atomic E-state index is 0. The number of carboxylic acids is 1. The topological polar surface area (TPSA) is 53.4 Å². The van der Waals surface area contributed by atoms with E-state index < -0.39 is 5.97 Å². The second kappa shape index (κ2) is 5.33. The second-order valence-electron chi connectivity index (χ2n) is 4.05. The number of thiazole rings is 1. The van der Waals surface area contributed by atoms with Gasteiger partial charge in [-0.25, -0.2) is 9.78 Å². The number of hydrogen-bond donors (Lipinski definition) is 1. The fourth-order valence-electron chi connectivity index (χ4n) is 1.89. The van der Waals surface area contributed by atoms with Gasteiger partial charge >= 0.3 is 5.97 Å². The van der Waals surface area contributed by atoms with E-state index in [4.69, 9.17) is 5.11 Å². The van der Waals surface area contributed by atoms with Gasteiger partial charge in [-0.1, -0.05) is 0 Å². The Morgan fingerprint density at radius 2 is 2.25 bits per heavy atom. The molecule has 1 heterocycles. The van der Waals surface area contributed by atoms with Gasteiger partial charge in [0.2, 0.25) is 5.01 Å². The molecule has 1 aliphatic carbocycles. The van der Waals surface area contributed by atoms with Crippen molar-refractivity contribution in [3.05, 3.63) is 15.6 Å². The van der Waals surface area contributed by atoms with E-state index >= 15 is 0 Å². The van der Waals surface area contributed by atoms with Gasteiger partial charge < -0.3 is 10.0 Å². The van der Waals surface area contributed by atoms with Gasteiger partial charge in [0.05, 0.1) is 5.69 Å². The number of hydrogen-bond acceptors (Lipinski definition) is 4. The van der Waals surface area contributed by atoms with Gasteiger partial charge in [0.25, 0.3) is 0 Å². The maximum Gasteiger partial charge on any atom is 0.365 e. The van der Waals surface area contributed by atoms with Gasteiger partial charge in [0.1, 0.15) is 0 Å². The van der Waals surface area contributed by atoms with Crippen LogP contribution in [0.4, 0.5) is 0 Å². The summed E-state index contributed by atoms with van der Waals surface area (Å²) in [7, 11) is 4.13. The minimum Gasteiger partial charge on any atom is -0.476 e. The molecule has 1 aromatic heterocycles. The zero-order valence-corrected chi connectivity index (χ0v) is 10.7. The molecule has 83 valence electrons. The molecule has 0 aromatic carbocycles. The van der Waals surface area contributed by atoms with E-state index in [0.29, 0.717) is 6.04 Å². The molecule has 1 unspecified atom stereocenters. The molecule has 16 heavy (non-hydrogen) atoms. The molecule has 0 fully saturated rings. The van der Waals surface area contributed by atoms with Crippen LogP contribution < -0.4 is 0 Å². The minimum atomic E-state index is -0.907. The molecule has 0 amide bonds. The van der Waals surface area contributed by atoms with E-state index in [0.717, 1.165) is 29.8 Å². The van der Waals surface area contributed by atoms with E-state index in [1.807, 2.05) is 0 Å². The van der Waals surface area contributed by atoms with Gasteiger partial charge in [-0.05, 0) is 33.4 Å². The Morgan fingerprint density at radius 1 is 1.56 bits per heavy atom. The van der Waals surface area contributed by atoms with Crippen molar-refractivity contribution in [1.82, 2.24) is 9.88 Å². The van der Waals surface area contributed by atoms with E-state index in [1.54, 1.807) is 0 Å². The Labute approximate surface area is 111 Å². The van der Waals surface area contributed by atoms with Crippen LogP contribution in [0.15, 0.2) is 0 Å². The first-order valence-corrected chi connectivity index (χ1v) is 5.78. The molecule has 4 nitrogen and oxygen atoms in total. The number of nitrogens with zero attached hydrogens (tertiary/aromatic N) is 2. The van der Waals surface area contributed by atoms with Crippen LogP contribution in [-0.4, -0.2) is 60.0 Å². The van der Waals surface area contributed by atoms with Crippen molar-refractivity contribution in [2.45, 2.75) is 25.3 Å². The zero-order chi connectivity index (χ0) is 11.0. The van der Waals surface area contributed by atoms with Crippen LogP contribution >= 0.6 is 11.3 Å². The molecular weight excluding hydrogens is 219 g/mol. The smallest absolute Gasteiger partial charge is 0.365 e. The molecule has 2 rings (SSSR count). The van der Waals surface area contributed by atoms with Gasteiger partial charge in [-0.2, -0.15) is 0 Å². The number of aryl methyl sites for hydroxylation is 1. The molecule has 0 saturated carbocycles. The summed E-state index contributed by atoms with van der Waals surface area (Å²) < 4.78 is 0. The third-order valence-electron chi connectivity index (χ3n) is 2.83. The van der Waals surface area contributed by atoms with E-state index in [1.165, 1.54) is 11.3 Å². The predicted octanol–water partition coefficient (Wildman–Crippen LogP) is 0.879. The fourth-order valence-corrected chi connectivity index (χ4v) is 2.91. The summed E-state index contributed by atoms with van der Waals surface area (Å²) in [6, 6.07) is 0.527. The molecule has 1 radical (unpaired) electrons. The second-order valence-corrected chi connectivity index (χ2v) is 5.14. The predicted molar refractivity (Wildman–Crippen MR) is 64.3 cm³/mol. The molecule has 1 aromatic rings. The van der Waals surface area contributed by atoms with Crippen molar-refractivity contribution in [3.8, 4) is 0 Å². The van der Waals surface area contributed by atoms with Crippen molar-refractivity contribution < 1.29 is 9.90 Å². The van der Waals surface area contributed by atoms with Crippen LogP contribution in [0.1, 0.15) is 26.8 Å². The monoisotopic (exact) mass is 233 g/mol. The normalized spacial score (nSPS) is 19.1. The van der Waals surface area contributed by atoms with Crippen LogP contribution in [-0.2, 0) is 12.8 Å². The van der Waals surface area contributed by atoms with Crippen LogP contribution in [0.25, 0.3) is 0 Å². The summed E-state index contributed by atoms with van der Waals surface area (Å²) in [5.74, 6) is -0.907. The van der Waals surface area contributed by atoms with Gasteiger partial charge in [0, 0.05) is 29.8 Å². The van der Waals surface area contributed by atoms with Crippen LogP contribution in [0.3, 0.4) is 0 Å². The Morgan fingerprint density at radius 3 is 2.81 bits per heavy atom. The van der Waals surface area contributed by atoms with E-state index in [2.05, 4.69) is 24.0 Å². The van der Waals surface area contributed by atoms with Crippen molar-refractivity contribution in [3.63, 3.8) is 0 Å². The Kier molecular flexibility index (Phi) is 4.57. The molecule has 1 atom stereocenters. The summed E-state index contributed by atoms with van der Waals surface area (Å²) in [5.41, 5.74) is 0.996. The first-order chi connectivity index (χ1) is 7.08. The maximum absolute atomic E-state index is 10.8. The molecular formula is C10H14LiN2O2S. The summed E-state index contributed by atoms with van der Waals surface area (Å²) in [5, 5.41) is 9.08. The average Bonchev–Trinajstić information content (AvgIpc) is 2.59. The van der Waals surface area contributed by atoms with Crippen molar-refractivity contribution in [2.75, 3.05) is 14.1 Å². The molecule has 6 heteroatoms. The van der Waals surface area contributed by atoms with Crippen molar-refractivity contribution in [1.29, 1.82) is 0 Å². The fraction of sp³-hybridized carbons (Fsp3) is 0.600. The van der Waals surface area contributed by atoms with Crippen LogP contribution in [0.2, 0.25) is 0 Å². The summed E-state index contributed by atoms with van der Waals surface area (Å²) in [6.07, 6.45) is 2.91. The number of carboxylic acid groups (broad SMARTS) is 1. The Hall–Kier alpha value is -0.343. The number of aromatic nitrogens is 1. The standard InChI is InChI=1S/C10H14N2O2S.Li/c1-12(2)6-3-4-7-8(5-6)15-9(11-7)10(13)14;/h6H,3-5H2,1-2H3,(H,13,14);. The molecule has 0 bridgehead atoms. The van der Waals surface area contributed by atoms with Crippen LogP contribution in [0.5, 0.6) is 0 Å². The zero-order valence-electron chi connectivity index (χ0n) is 9.86. The summed E-state index contributed by atoms with van der Waals surface area (Å²) in [6.45, 7) is 0. The molecule has 1 aliphatic rings. The third kappa shape index (κ3) is 2.66. The third-order valence-corrected chi connectivity index (χ3v) is 3.93. The number of likely N-dealkylation sites (N-methyl/N-ethyl adjacent to an activating group) is 1. The maximum atomic E-state index is 10.8. The van der Waals surface area contributed by atoms with Gasteiger partial charge in [0.15, 0.2) is 0 Å². The van der Waals surface area contributed by atoms with Crippen molar-refractivity contribution in [2.24, 2.45) is 0 Å². The van der Waals surface area contributed by atoms with Gasteiger partial charge in [-0.3, -0.25) is 0 Å². The SMILES string of the molecule is CN(C)C1CCc2nc(C(=O)O)sc2C1.[Li]. The molecule has 0 saturated heterocycles. The van der Waals surface area contributed by atoms with Gasteiger partial charge in [-0.15, -0.1) is 11.3 Å². The summed E-state index contributed by atoms with van der Waals surface area (Å²) >= 11 is 1.33. The number of carbonyl (C=O) groups is 1. The Bertz CT molecular complexity index is 392. The Balaban J connectivity index is 0.00000128. The number of rotatable bonds is 2. The summed E-state index contributed by atoms with van der Waals surface area (Å²) in [4.78, 5) is 18.3. The first-order valence-electron chi connectivity index (χ1n) is 4.96. The van der Waals surface area contributed by atoms with Crippen molar-refractivity contribution >= 4 is 36.2 Å².